The van der Waals surface area contributed by atoms with Crippen LogP contribution in [0.1, 0.15) is 21.5 Å². The van der Waals surface area contributed by atoms with Crippen molar-refractivity contribution in [2.24, 2.45) is 0 Å². The number of esters is 1. The van der Waals surface area contributed by atoms with E-state index in [9.17, 15) is 9.59 Å². The molecule has 0 atom stereocenters. The minimum atomic E-state index is -0.967. The zero-order valence-corrected chi connectivity index (χ0v) is 8.47. The fraction of sp³-hybridized carbons (Fsp3) is 0.333. The lowest BCUT2D eigenvalue weighted by Crippen LogP contribution is -2.06. The molecule has 0 aliphatic heterocycles. The van der Waals surface area contributed by atoms with Crippen molar-refractivity contribution in [1.82, 2.24) is 0 Å². The SMILES string of the molecule is CCOC(=O)Cc1ccc(C(=O)O)s1. The molecule has 0 bridgehead atoms. The second-order valence-electron chi connectivity index (χ2n) is 2.55. The second kappa shape index (κ2) is 4.76. The van der Waals surface area contributed by atoms with Gasteiger partial charge in [0.05, 0.1) is 13.0 Å². The largest absolute Gasteiger partial charge is 0.477 e. The summed E-state index contributed by atoms with van der Waals surface area (Å²) in [5.74, 6) is -1.30. The average Bonchev–Trinajstić information content (AvgIpc) is 2.53. The van der Waals surface area contributed by atoms with Gasteiger partial charge in [-0.2, -0.15) is 0 Å². The van der Waals surface area contributed by atoms with Crippen molar-refractivity contribution in [3.05, 3.63) is 21.9 Å². The number of carbonyl (C=O) groups is 2. The Balaban J connectivity index is 2.59. The van der Waals surface area contributed by atoms with Gasteiger partial charge in [-0.1, -0.05) is 0 Å². The van der Waals surface area contributed by atoms with Crippen LogP contribution < -0.4 is 0 Å². The van der Waals surface area contributed by atoms with Gasteiger partial charge in [-0.3, -0.25) is 4.79 Å². The number of carboxylic acid groups (broad SMARTS) is 1. The lowest BCUT2D eigenvalue weighted by Gasteiger charge is -1.98. The molecule has 1 aromatic heterocycles. The van der Waals surface area contributed by atoms with E-state index in [1.165, 1.54) is 6.07 Å². The van der Waals surface area contributed by atoms with E-state index in [0.717, 1.165) is 11.3 Å². The van der Waals surface area contributed by atoms with Crippen LogP contribution in [0, 0.1) is 0 Å². The number of hydrogen-bond acceptors (Lipinski definition) is 4. The molecular formula is C9H10O4S. The molecule has 0 radical (unpaired) electrons. The summed E-state index contributed by atoms with van der Waals surface area (Å²) in [6.07, 6.45) is 0.145. The summed E-state index contributed by atoms with van der Waals surface area (Å²) in [6.45, 7) is 2.07. The Morgan fingerprint density at radius 2 is 2.21 bits per heavy atom. The zero-order valence-electron chi connectivity index (χ0n) is 7.65. The summed E-state index contributed by atoms with van der Waals surface area (Å²) < 4.78 is 4.74. The summed E-state index contributed by atoms with van der Waals surface area (Å²) >= 11 is 1.09. The minimum Gasteiger partial charge on any atom is -0.477 e. The Hall–Kier alpha value is -1.36. The number of carbonyl (C=O) groups excluding carboxylic acids is 1. The van der Waals surface area contributed by atoms with Gasteiger partial charge in [0.1, 0.15) is 4.88 Å². The first-order chi connectivity index (χ1) is 6.63. The van der Waals surface area contributed by atoms with Gasteiger partial charge in [0.25, 0.3) is 0 Å². The van der Waals surface area contributed by atoms with Crippen molar-refractivity contribution in [2.75, 3.05) is 6.61 Å². The van der Waals surface area contributed by atoms with E-state index in [1.807, 2.05) is 0 Å². The summed E-state index contributed by atoms with van der Waals surface area (Å²) in [7, 11) is 0. The molecule has 1 aromatic rings. The van der Waals surface area contributed by atoms with Crippen molar-refractivity contribution in [3.8, 4) is 0 Å². The van der Waals surface area contributed by atoms with Gasteiger partial charge in [0.2, 0.25) is 0 Å². The highest BCUT2D eigenvalue weighted by Crippen LogP contribution is 2.17. The van der Waals surface area contributed by atoms with Crippen molar-refractivity contribution >= 4 is 23.3 Å². The predicted molar refractivity (Wildman–Crippen MR) is 51.6 cm³/mol. The van der Waals surface area contributed by atoms with E-state index < -0.39 is 5.97 Å². The molecule has 0 saturated heterocycles. The van der Waals surface area contributed by atoms with Crippen LogP contribution in [0.2, 0.25) is 0 Å². The van der Waals surface area contributed by atoms with Crippen LogP contribution in [-0.4, -0.2) is 23.7 Å². The second-order valence-corrected chi connectivity index (χ2v) is 3.72. The summed E-state index contributed by atoms with van der Waals surface area (Å²) in [5.41, 5.74) is 0. The summed E-state index contributed by atoms with van der Waals surface area (Å²) in [6, 6.07) is 3.12. The van der Waals surface area contributed by atoms with Crippen LogP contribution in [0.25, 0.3) is 0 Å². The van der Waals surface area contributed by atoms with Crippen LogP contribution in [0.4, 0.5) is 0 Å². The van der Waals surface area contributed by atoms with Gasteiger partial charge >= 0.3 is 11.9 Å². The van der Waals surface area contributed by atoms with Gasteiger partial charge in [-0.05, 0) is 19.1 Å². The number of rotatable bonds is 4. The van der Waals surface area contributed by atoms with E-state index in [1.54, 1.807) is 13.0 Å². The van der Waals surface area contributed by atoms with Crippen LogP contribution in [0.3, 0.4) is 0 Å². The predicted octanol–water partition coefficient (Wildman–Crippen LogP) is 1.55. The fourth-order valence-electron chi connectivity index (χ4n) is 0.942. The fourth-order valence-corrected chi connectivity index (χ4v) is 1.77. The molecular weight excluding hydrogens is 204 g/mol. The maximum absolute atomic E-state index is 11.0. The molecule has 0 amide bonds. The lowest BCUT2D eigenvalue weighted by atomic mass is 10.3. The third-order valence-corrected chi connectivity index (χ3v) is 2.57. The Morgan fingerprint density at radius 3 is 2.71 bits per heavy atom. The smallest absolute Gasteiger partial charge is 0.345 e. The highest BCUT2D eigenvalue weighted by atomic mass is 32.1. The molecule has 4 nitrogen and oxygen atoms in total. The standard InChI is InChI=1S/C9H10O4S/c1-2-13-8(10)5-6-3-4-7(14-6)9(11)12/h3-4H,2,5H2,1H3,(H,11,12). The molecule has 0 spiro atoms. The van der Waals surface area contributed by atoms with E-state index in [-0.39, 0.29) is 17.3 Å². The lowest BCUT2D eigenvalue weighted by molar-refractivity contribution is -0.142. The number of aromatic carboxylic acids is 1. The first-order valence-corrected chi connectivity index (χ1v) is 4.92. The molecule has 0 fully saturated rings. The summed E-state index contributed by atoms with van der Waals surface area (Å²) in [5, 5.41) is 8.63. The average molecular weight is 214 g/mol. The van der Waals surface area contributed by atoms with E-state index in [0.29, 0.717) is 11.5 Å². The molecule has 0 aliphatic rings. The topological polar surface area (TPSA) is 63.6 Å². The van der Waals surface area contributed by atoms with Crippen molar-refractivity contribution in [3.63, 3.8) is 0 Å². The zero-order chi connectivity index (χ0) is 10.6. The van der Waals surface area contributed by atoms with E-state index in [4.69, 9.17) is 9.84 Å². The molecule has 5 heteroatoms. The Labute approximate surface area is 85.1 Å². The molecule has 0 unspecified atom stereocenters. The maximum Gasteiger partial charge on any atom is 0.345 e. The third-order valence-electron chi connectivity index (χ3n) is 1.50. The van der Waals surface area contributed by atoms with Crippen molar-refractivity contribution < 1.29 is 19.4 Å². The first kappa shape index (κ1) is 10.7. The van der Waals surface area contributed by atoms with Gasteiger partial charge < -0.3 is 9.84 Å². The van der Waals surface area contributed by atoms with Gasteiger partial charge in [0.15, 0.2) is 0 Å². The van der Waals surface area contributed by atoms with Crippen molar-refractivity contribution in [2.45, 2.75) is 13.3 Å². The number of thiophene rings is 1. The maximum atomic E-state index is 11.0. The molecule has 0 saturated carbocycles. The van der Waals surface area contributed by atoms with Crippen molar-refractivity contribution in [1.29, 1.82) is 0 Å². The van der Waals surface area contributed by atoms with E-state index >= 15 is 0 Å². The molecule has 76 valence electrons. The molecule has 0 aliphatic carbocycles. The molecule has 0 aromatic carbocycles. The minimum absolute atomic E-state index is 0.145. The monoisotopic (exact) mass is 214 g/mol. The van der Waals surface area contributed by atoms with Gasteiger partial charge in [-0.15, -0.1) is 11.3 Å². The van der Waals surface area contributed by atoms with Gasteiger partial charge in [0, 0.05) is 4.88 Å². The Bertz CT molecular complexity index is 342. The molecule has 1 rings (SSSR count). The summed E-state index contributed by atoms with van der Waals surface area (Å²) in [4.78, 5) is 22.5. The quantitative estimate of drug-likeness (QED) is 0.772. The number of carboxylic acids is 1. The van der Waals surface area contributed by atoms with Crippen LogP contribution in [0.5, 0.6) is 0 Å². The van der Waals surface area contributed by atoms with Crippen LogP contribution >= 0.6 is 11.3 Å². The normalized spacial score (nSPS) is 9.79. The molecule has 1 heterocycles. The first-order valence-electron chi connectivity index (χ1n) is 4.11. The highest BCUT2D eigenvalue weighted by Gasteiger charge is 2.10. The van der Waals surface area contributed by atoms with Crippen LogP contribution in [-0.2, 0) is 16.0 Å². The molecule has 1 N–H and O–H groups in total. The van der Waals surface area contributed by atoms with Gasteiger partial charge in [-0.25, -0.2) is 4.79 Å². The molecule has 14 heavy (non-hydrogen) atoms. The number of hydrogen-bond donors (Lipinski definition) is 1. The third kappa shape index (κ3) is 2.85. The highest BCUT2D eigenvalue weighted by molar-refractivity contribution is 7.14. The Morgan fingerprint density at radius 1 is 1.50 bits per heavy atom. The Kier molecular flexibility index (Phi) is 3.64. The number of ether oxygens (including phenoxy) is 1. The van der Waals surface area contributed by atoms with Crippen LogP contribution in [0.15, 0.2) is 12.1 Å². The van der Waals surface area contributed by atoms with E-state index in [2.05, 4.69) is 0 Å².